The second-order valence-electron chi connectivity index (χ2n) is 5.62. The van der Waals surface area contributed by atoms with Gasteiger partial charge in [0.25, 0.3) is 0 Å². The molecule has 136 valence electrons. The Morgan fingerprint density at radius 1 is 1.58 bits per heavy atom. The van der Waals surface area contributed by atoms with Gasteiger partial charge < -0.3 is 15.6 Å². The first-order valence-corrected chi connectivity index (χ1v) is 9.51. The summed E-state index contributed by atoms with van der Waals surface area (Å²) in [6.45, 7) is 7.38. The van der Waals surface area contributed by atoms with Crippen LogP contribution >= 0.6 is 11.8 Å². The molecule has 3 N–H and O–H groups in total. The monoisotopic (exact) mass is 355 g/mol. The number of ether oxygens (including phenoxy) is 1. The molecule has 1 aliphatic heterocycles. The van der Waals surface area contributed by atoms with Crippen LogP contribution in [0.5, 0.6) is 0 Å². The van der Waals surface area contributed by atoms with Crippen molar-refractivity contribution in [2.24, 2.45) is 15.7 Å². The molecule has 1 unspecified atom stereocenters. The van der Waals surface area contributed by atoms with Crippen LogP contribution in [0.3, 0.4) is 0 Å². The van der Waals surface area contributed by atoms with Crippen LogP contribution in [0.4, 0.5) is 0 Å². The number of thioether (sulfide) groups is 1. The average molecular weight is 356 g/mol. The van der Waals surface area contributed by atoms with E-state index in [9.17, 15) is 4.79 Å². The van der Waals surface area contributed by atoms with E-state index in [1.165, 1.54) is 11.8 Å². The number of hydrogen-bond donors (Lipinski definition) is 2. The molecule has 24 heavy (non-hydrogen) atoms. The van der Waals surface area contributed by atoms with Gasteiger partial charge in [-0.3, -0.25) is 9.98 Å². The molecule has 7 heteroatoms. The van der Waals surface area contributed by atoms with Crippen molar-refractivity contribution in [3.8, 4) is 0 Å². The smallest absolute Gasteiger partial charge is 0.329 e. The van der Waals surface area contributed by atoms with Crippen LogP contribution < -0.4 is 5.73 Å². The number of nitrogens with two attached hydrogens (primary N) is 1. The zero-order chi connectivity index (χ0) is 17.9. The first kappa shape index (κ1) is 20.9. The summed E-state index contributed by atoms with van der Waals surface area (Å²) >= 11 is 1.45. The SMILES string of the molecule is CC/C=C\C(=N/C(C)[C@@H](CC)OCCCN)C1=N[C@@H](C(=O)O)CS1. The van der Waals surface area contributed by atoms with Gasteiger partial charge in [0.1, 0.15) is 5.04 Å². The van der Waals surface area contributed by atoms with E-state index in [1.807, 2.05) is 26.0 Å². The Hall–Kier alpha value is -1.18. The lowest BCUT2D eigenvalue weighted by Crippen LogP contribution is -2.27. The van der Waals surface area contributed by atoms with Gasteiger partial charge in [0.2, 0.25) is 0 Å². The van der Waals surface area contributed by atoms with Crippen LogP contribution in [0.25, 0.3) is 0 Å². The molecule has 0 spiro atoms. The molecule has 0 bridgehead atoms. The molecule has 1 rings (SSSR count). The predicted molar refractivity (Wildman–Crippen MR) is 101 cm³/mol. The number of aliphatic carboxylic acids is 1. The Kier molecular flexibility index (Phi) is 9.90. The van der Waals surface area contributed by atoms with Gasteiger partial charge in [-0.2, -0.15) is 0 Å². The first-order valence-electron chi connectivity index (χ1n) is 8.53. The summed E-state index contributed by atoms with van der Waals surface area (Å²) in [5.74, 6) is -0.427. The lowest BCUT2D eigenvalue weighted by Gasteiger charge is -2.21. The highest BCUT2D eigenvalue weighted by atomic mass is 32.2. The number of carbonyl (C=O) groups is 1. The normalized spacial score (nSPS) is 21.1. The van der Waals surface area contributed by atoms with Crippen LogP contribution in [0.1, 0.15) is 40.0 Å². The summed E-state index contributed by atoms with van der Waals surface area (Å²) in [6, 6.07) is -0.709. The molecule has 0 saturated carbocycles. The minimum Gasteiger partial charge on any atom is -0.480 e. The second-order valence-corrected chi connectivity index (χ2v) is 6.63. The third kappa shape index (κ3) is 6.75. The molecule has 0 saturated heterocycles. The van der Waals surface area contributed by atoms with Gasteiger partial charge in [0.15, 0.2) is 6.04 Å². The van der Waals surface area contributed by atoms with Crippen LogP contribution in [-0.4, -0.2) is 58.9 Å². The van der Waals surface area contributed by atoms with Gasteiger partial charge in [0, 0.05) is 12.4 Å². The number of aliphatic imine (C=N–C) groups is 2. The Labute approximate surface area is 148 Å². The van der Waals surface area contributed by atoms with E-state index in [4.69, 9.17) is 20.6 Å². The van der Waals surface area contributed by atoms with Crippen molar-refractivity contribution in [2.75, 3.05) is 18.9 Å². The number of nitrogens with zero attached hydrogens (tertiary/aromatic N) is 2. The summed E-state index contributed by atoms with van der Waals surface area (Å²) in [4.78, 5) is 20.2. The number of allylic oxidation sites excluding steroid dienone is 2. The highest BCUT2D eigenvalue weighted by Crippen LogP contribution is 2.21. The fourth-order valence-corrected chi connectivity index (χ4v) is 3.26. The largest absolute Gasteiger partial charge is 0.480 e. The van der Waals surface area contributed by atoms with E-state index < -0.39 is 12.0 Å². The van der Waals surface area contributed by atoms with E-state index in [-0.39, 0.29) is 12.1 Å². The summed E-state index contributed by atoms with van der Waals surface area (Å²) in [5, 5.41) is 9.81. The molecular weight excluding hydrogens is 326 g/mol. The van der Waals surface area contributed by atoms with Crippen molar-refractivity contribution in [1.29, 1.82) is 0 Å². The Morgan fingerprint density at radius 3 is 2.88 bits per heavy atom. The highest BCUT2D eigenvalue weighted by molar-refractivity contribution is 8.16. The summed E-state index contributed by atoms with van der Waals surface area (Å²) in [7, 11) is 0. The van der Waals surface area contributed by atoms with Crippen molar-refractivity contribution < 1.29 is 14.6 Å². The highest BCUT2D eigenvalue weighted by Gasteiger charge is 2.27. The van der Waals surface area contributed by atoms with Gasteiger partial charge in [0.05, 0.1) is 17.9 Å². The maximum atomic E-state index is 11.1. The van der Waals surface area contributed by atoms with Crippen LogP contribution in [0.2, 0.25) is 0 Å². The average Bonchev–Trinajstić information content (AvgIpc) is 3.05. The predicted octanol–water partition coefficient (Wildman–Crippen LogP) is 2.52. The van der Waals surface area contributed by atoms with E-state index >= 15 is 0 Å². The number of carboxylic acids is 1. The molecule has 0 fully saturated rings. The quantitative estimate of drug-likeness (QED) is 0.438. The Bertz CT molecular complexity index is 491. The topological polar surface area (TPSA) is 97.3 Å². The molecule has 0 aliphatic carbocycles. The molecule has 0 aromatic carbocycles. The van der Waals surface area contributed by atoms with Crippen molar-refractivity contribution in [2.45, 2.75) is 58.2 Å². The summed E-state index contributed by atoms with van der Waals surface area (Å²) < 4.78 is 5.87. The molecular formula is C17H29N3O3S. The number of carboxylic acid groups (broad SMARTS) is 1. The molecule has 0 radical (unpaired) electrons. The van der Waals surface area contributed by atoms with E-state index in [1.54, 1.807) is 0 Å². The molecule has 0 amide bonds. The minimum atomic E-state index is -0.888. The second kappa shape index (κ2) is 11.4. The van der Waals surface area contributed by atoms with Crippen molar-refractivity contribution in [3.05, 3.63) is 12.2 Å². The van der Waals surface area contributed by atoms with E-state index in [2.05, 4.69) is 11.9 Å². The van der Waals surface area contributed by atoms with Gasteiger partial charge in [-0.25, -0.2) is 4.79 Å². The number of hydrogen-bond acceptors (Lipinski definition) is 6. The van der Waals surface area contributed by atoms with Crippen LogP contribution in [0, 0.1) is 0 Å². The summed E-state index contributed by atoms with van der Waals surface area (Å²) in [5.41, 5.74) is 6.25. The Morgan fingerprint density at radius 2 is 2.33 bits per heavy atom. The zero-order valence-electron chi connectivity index (χ0n) is 14.8. The molecule has 1 heterocycles. The molecule has 0 aromatic rings. The number of rotatable bonds is 11. The molecule has 1 aliphatic rings. The maximum Gasteiger partial charge on any atom is 0.329 e. The van der Waals surface area contributed by atoms with Crippen LogP contribution in [0.15, 0.2) is 22.1 Å². The molecule has 0 aromatic heterocycles. The van der Waals surface area contributed by atoms with Gasteiger partial charge in [-0.1, -0.05) is 19.9 Å². The fourth-order valence-electron chi connectivity index (χ4n) is 2.26. The zero-order valence-corrected chi connectivity index (χ0v) is 15.6. The van der Waals surface area contributed by atoms with Gasteiger partial charge in [-0.15, -0.1) is 11.8 Å². The lowest BCUT2D eigenvalue weighted by molar-refractivity contribution is -0.137. The maximum absolute atomic E-state index is 11.1. The standard InChI is InChI=1S/C17H29N3O3S/c1-4-6-8-13(16-20-14(11-24-16)17(21)22)19-12(3)15(5-2)23-10-7-9-18/h6,8,12,14-15H,4-5,7,9-11,18H2,1-3H3,(H,21,22)/b8-6-,19-13+/t12?,14-,15-/m1/s1. The van der Waals surface area contributed by atoms with Crippen LogP contribution in [-0.2, 0) is 9.53 Å². The van der Waals surface area contributed by atoms with Gasteiger partial charge in [-0.05, 0) is 38.8 Å². The van der Waals surface area contributed by atoms with Crippen molar-refractivity contribution >= 4 is 28.5 Å². The fraction of sp³-hybridized carbons (Fsp3) is 0.706. The van der Waals surface area contributed by atoms with E-state index in [0.29, 0.717) is 23.9 Å². The lowest BCUT2D eigenvalue weighted by atomic mass is 10.1. The Balaban J connectivity index is 2.89. The minimum absolute atomic E-state index is 0.0175. The van der Waals surface area contributed by atoms with Gasteiger partial charge >= 0.3 is 5.97 Å². The molecule has 6 nitrogen and oxygen atoms in total. The third-order valence-electron chi connectivity index (χ3n) is 3.63. The van der Waals surface area contributed by atoms with E-state index in [0.717, 1.165) is 25.0 Å². The van der Waals surface area contributed by atoms with Crippen molar-refractivity contribution in [3.63, 3.8) is 0 Å². The molecule has 3 atom stereocenters. The summed E-state index contributed by atoms with van der Waals surface area (Å²) in [6.07, 6.45) is 6.54. The van der Waals surface area contributed by atoms with Crippen molar-refractivity contribution in [1.82, 2.24) is 0 Å². The third-order valence-corrected chi connectivity index (χ3v) is 4.70. The first-order chi connectivity index (χ1) is 11.5.